The third-order valence-corrected chi connectivity index (χ3v) is 4.48. The zero-order valence-electron chi connectivity index (χ0n) is 14.2. The number of piperidine rings is 1. The molecule has 0 bridgehead atoms. The molecule has 0 spiro atoms. The smallest absolute Gasteiger partial charge is 0.254 e. The van der Waals surface area contributed by atoms with Gasteiger partial charge >= 0.3 is 0 Å². The summed E-state index contributed by atoms with van der Waals surface area (Å²) in [6, 6.07) is 4.22. The van der Waals surface area contributed by atoms with Crippen molar-refractivity contribution in [2.45, 2.75) is 40.5 Å². The van der Waals surface area contributed by atoms with Crippen LogP contribution in [-0.2, 0) is 0 Å². The van der Waals surface area contributed by atoms with Crippen molar-refractivity contribution in [2.24, 2.45) is 5.92 Å². The van der Waals surface area contributed by atoms with Crippen molar-refractivity contribution >= 4 is 18.3 Å². The molecule has 1 N–H and O–H groups in total. The number of carbonyl (C=O) groups excluding carboxylic acids is 1. The molecule has 4 heteroatoms. The molecular weight excluding hydrogens is 296 g/mol. The van der Waals surface area contributed by atoms with Crippen LogP contribution in [-0.4, -0.2) is 37.0 Å². The summed E-state index contributed by atoms with van der Waals surface area (Å²) in [6.45, 7) is 12.2. The van der Waals surface area contributed by atoms with Crippen LogP contribution in [0.3, 0.4) is 0 Å². The van der Waals surface area contributed by atoms with Crippen molar-refractivity contribution in [1.29, 1.82) is 0 Å². The van der Waals surface area contributed by atoms with Gasteiger partial charge in [-0.05, 0) is 63.7 Å². The molecule has 0 aliphatic carbocycles. The minimum Gasteiger partial charge on any atom is -0.339 e. The predicted molar refractivity (Wildman–Crippen MR) is 95.1 cm³/mol. The van der Waals surface area contributed by atoms with E-state index in [1.807, 2.05) is 18.7 Å². The van der Waals surface area contributed by atoms with Gasteiger partial charge in [0.2, 0.25) is 0 Å². The maximum Gasteiger partial charge on any atom is 0.254 e. The average molecular weight is 325 g/mol. The molecule has 1 aromatic carbocycles. The molecule has 0 atom stereocenters. The van der Waals surface area contributed by atoms with Crippen LogP contribution in [0.25, 0.3) is 0 Å². The summed E-state index contributed by atoms with van der Waals surface area (Å²) in [7, 11) is 0. The molecule has 0 saturated carbocycles. The monoisotopic (exact) mass is 324 g/mol. The first kappa shape index (κ1) is 19.0. The number of likely N-dealkylation sites (tertiary alicyclic amines) is 1. The molecular formula is C18H29ClN2O. The molecule has 1 aromatic rings. The second-order valence-corrected chi connectivity index (χ2v) is 6.32. The first-order valence-corrected chi connectivity index (χ1v) is 8.10. The Morgan fingerprint density at radius 3 is 2.23 bits per heavy atom. The second-order valence-electron chi connectivity index (χ2n) is 6.32. The van der Waals surface area contributed by atoms with Gasteiger partial charge in [-0.2, -0.15) is 0 Å². The lowest BCUT2D eigenvalue weighted by Gasteiger charge is -2.33. The Morgan fingerprint density at radius 2 is 1.73 bits per heavy atom. The molecule has 124 valence electrons. The van der Waals surface area contributed by atoms with E-state index in [9.17, 15) is 4.79 Å². The maximum atomic E-state index is 12.8. The fraction of sp³-hybridized carbons (Fsp3) is 0.611. The SMILES string of the molecule is CCNCC1CCN(C(=O)c2c(C)cc(C)cc2C)CC1.Cl. The summed E-state index contributed by atoms with van der Waals surface area (Å²) in [5.41, 5.74) is 4.34. The molecule has 1 aliphatic heterocycles. The van der Waals surface area contributed by atoms with Gasteiger partial charge in [0.15, 0.2) is 0 Å². The van der Waals surface area contributed by atoms with E-state index in [1.54, 1.807) is 0 Å². The van der Waals surface area contributed by atoms with Crippen LogP contribution in [0.4, 0.5) is 0 Å². The van der Waals surface area contributed by atoms with E-state index < -0.39 is 0 Å². The number of benzene rings is 1. The lowest BCUT2D eigenvalue weighted by Crippen LogP contribution is -2.41. The van der Waals surface area contributed by atoms with E-state index in [-0.39, 0.29) is 18.3 Å². The maximum absolute atomic E-state index is 12.8. The van der Waals surface area contributed by atoms with Crippen LogP contribution in [0, 0.1) is 26.7 Å². The van der Waals surface area contributed by atoms with Gasteiger partial charge < -0.3 is 10.2 Å². The van der Waals surface area contributed by atoms with Crippen molar-refractivity contribution < 1.29 is 4.79 Å². The van der Waals surface area contributed by atoms with Crippen molar-refractivity contribution in [1.82, 2.24) is 10.2 Å². The van der Waals surface area contributed by atoms with Crippen LogP contribution < -0.4 is 5.32 Å². The van der Waals surface area contributed by atoms with Crippen LogP contribution in [0.1, 0.15) is 46.8 Å². The number of rotatable bonds is 4. The summed E-state index contributed by atoms with van der Waals surface area (Å²) >= 11 is 0. The Balaban J connectivity index is 0.00000242. The molecule has 1 fully saturated rings. The summed E-state index contributed by atoms with van der Waals surface area (Å²) in [4.78, 5) is 14.8. The standard InChI is InChI=1S/C18H28N2O.ClH/c1-5-19-12-16-6-8-20(9-7-16)18(21)17-14(3)10-13(2)11-15(17)4;/h10-11,16,19H,5-9,12H2,1-4H3;1H. The molecule has 22 heavy (non-hydrogen) atoms. The van der Waals surface area contributed by atoms with Gasteiger partial charge in [0.05, 0.1) is 0 Å². The van der Waals surface area contributed by atoms with Gasteiger partial charge in [-0.3, -0.25) is 4.79 Å². The van der Waals surface area contributed by atoms with Crippen LogP contribution in [0.2, 0.25) is 0 Å². The summed E-state index contributed by atoms with van der Waals surface area (Å²) in [5.74, 6) is 0.932. The number of nitrogens with zero attached hydrogens (tertiary/aromatic N) is 1. The normalized spacial score (nSPS) is 15.5. The van der Waals surface area contributed by atoms with Crippen LogP contribution in [0.15, 0.2) is 12.1 Å². The molecule has 2 rings (SSSR count). The quantitative estimate of drug-likeness (QED) is 0.919. The molecule has 0 unspecified atom stereocenters. The number of halogens is 1. The molecule has 1 heterocycles. The Bertz CT molecular complexity index is 485. The number of hydrogen-bond donors (Lipinski definition) is 1. The Labute approximate surface area is 140 Å². The van der Waals surface area contributed by atoms with E-state index in [2.05, 4.69) is 31.3 Å². The second kappa shape index (κ2) is 8.54. The van der Waals surface area contributed by atoms with Gasteiger partial charge in [-0.15, -0.1) is 12.4 Å². The lowest BCUT2D eigenvalue weighted by molar-refractivity contribution is 0.0689. The van der Waals surface area contributed by atoms with Crippen molar-refractivity contribution in [3.05, 3.63) is 34.4 Å². The van der Waals surface area contributed by atoms with Gasteiger partial charge in [-0.25, -0.2) is 0 Å². The largest absolute Gasteiger partial charge is 0.339 e. The highest BCUT2D eigenvalue weighted by molar-refractivity contribution is 5.97. The molecule has 1 amide bonds. The zero-order valence-corrected chi connectivity index (χ0v) is 15.1. The summed E-state index contributed by atoms with van der Waals surface area (Å²) in [6.07, 6.45) is 2.23. The minimum absolute atomic E-state index is 0. The Kier molecular flexibility index (Phi) is 7.37. The number of carbonyl (C=O) groups is 1. The highest BCUT2D eigenvalue weighted by Crippen LogP contribution is 2.22. The lowest BCUT2D eigenvalue weighted by atomic mass is 9.94. The molecule has 3 nitrogen and oxygen atoms in total. The van der Waals surface area contributed by atoms with E-state index in [4.69, 9.17) is 0 Å². The molecule has 1 saturated heterocycles. The molecule has 0 radical (unpaired) electrons. The summed E-state index contributed by atoms with van der Waals surface area (Å²) < 4.78 is 0. The number of amides is 1. The number of aryl methyl sites for hydroxylation is 3. The van der Waals surface area contributed by atoms with Gasteiger partial charge in [0.25, 0.3) is 5.91 Å². The Morgan fingerprint density at radius 1 is 1.18 bits per heavy atom. The molecule has 1 aliphatic rings. The van der Waals surface area contributed by atoms with E-state index >= 15 is 0 Å². The van der Waals surface area contributed by atoms with E-state index in [1.165, 1.54) is 5.56 Å². The minimum atomic E-state index is 0. The fourth-order valence-corrected chi connectivity index (χ4v) is 3.36. The van der Waals surface area contributed by atoms with Gasteiger partial charge in [0.1, 0.15) is 0 Å². The van der Waals surface area contributed by atoms with Crippen molar-refractivity contribution in [3.63, 3.8) is 0 Å². The van der Waals surface area contributed by atoms with Crippen molar-refractivity contribution in [2.75, 3.05) is 26.2 Å². The third kappa shape index (κ3) is 4.47. The predicted octanol–water partition coefficient (Wildman–Crippen LogP) is 3.50. The topological polar surface area (TPSA) is 32.3 Å². The first-order chi connectivity index (χ1) is 10.0. The van der Waals surface area contributed by atoms with Gasteiger partial charge in [-0.1, -0.05) is 24.6 Å². The third-order valence-electron chi connectivity index (χ3n) is 4.48. The van der Waals surface area contributed by atoms with Gasteiger partial charge in [0, 0.05) is 18.7 Å². The summed E-state index contributed by atoms with van der Waals surface area (Å²) in [5, 5.41) is 3.41. The highest BCUT2D eigenvalue weighted by Gasteiger charge is 2.25. The highest BCUT2D eigenvalue weighted by atomic mass is 35.5. The average Bonchev–Trinajstić information content (AvgIpc) is 2.44. The Hall–Kier alpha value is -1.06. The number of nitrogens with one attached hydrogen (secondary N) is 1. The van der Waals surface area contributed by atoms with E-state index in [0.717, 1.165) is 55.7 Å². The van der Waals surface area contributed by atoms with Crippen LogP contribution >= 0.6 is 12.4 Å². The van der Waals surface area contributed by atoms with Crippen LogP contribution in [0.5, 0.6) is 0 Å². The van der Waals surface area contributed by atoms with Crippen molar-refractivity contribution in [3.8, 4) is 0 Å². The molecule has 0 aromatic heterocycles. The first-order valence-electron chi connectivity index (χ1n) is 8.10. The van der Waals surface area contributed by atoms with E-state index in [0.29, 0.717) is 5.92 Å². The fourth-order valence-electron chi connectivity index (χ4n) is 3.36. The zero-order chi connectivity index (χ0) is 15.4. The number of hydrogen-bond acceptors (Lipinski definition) is 2.